The molecule has 0 saturated heterocycles. The van der Waals surface area contributed by atoms with E-state index in [1.54, 1.807) is 84.9 Å². The van der Waals surface area contributed by atoms with Gasteiger partial charge in [0.1, 0.15) is 11.5 Å². The minimum Gasteiger partial charge on any atom is -0.508 e. The van der Waals surface area contributed by atoms with Gasteiger partial charge in [0.2, 0.25) is 0 Å². The normalized spacial score (nSPS) is 9.24. The number of phenolic OH excluding ortho intramolecular Hbond substituents is 4. The third kappa shape index (κ3) is 7.97. The van der Waals surface area contributed by atoms with E-state index in [-0.39, 0.29) is 11.5 Å². The fourth-order valence-corrected chi connectivity index (χ4v) is 2.06. The highest BCUT2D eigenvalue weighted by Gasteiger charge is 2.05. The van der Waals surface area contributed by atoms with Crippen molar-refractivity contribution in [1.29, 1.82) is 0 Å². The van der Waals surface area contributed by atoms with Gasteiger partial charge in [-0.3, -0.25) is 0 Å². The zero-order valence-electron chi connectivity index (χ0n) is 15.6. The van der Waals surface area contributed by atoms with Crippen LogP contribution in [-0.4, -0.2) is 20.4 Å². The number of ether oxygens (including phenoxy) is 1. The summed E-state index contributed by atoms with van der Waals surface area (Å²) >= 11 is 0. The Balaban J connectivity index is 0.000000178. The Bertz CT molecular complexity index is 891. The monoisotopic (exact) mass is 390 g/mol. The fourth-order valence-electron chi connectivity index (χ4n) is 2.06. The average Bonchev–Trinajstić information content (AvgIpc) is 2.73. The van der Waals surface area contributed by atoms with Gasteiger partial charge in [-0.05, 0) is 48.5 Å². The third-order valence-corrected chi connectivity index (χ3v) is 3.46. The molecule has 0 aliphatic rings. The van der Waals surface area contributed by atoms with Crippen LogP contribution in [0.1, 0.15) is 0 Å². The van der Waals surface area contributed by atoms with Gasteiger partial charge < -0.3 is 25.2 Å². The highest BCUT2D eigenvalue weighted by molar-refractivity contribution is 5.45. The molecule has 0 aromatic heterocycles. The molecule has 4 aromatic carbocycles. The van der Waals surface area contributed by atoms with Crippen molar-refractivity contribution in [3.63, 3.8) is 0 Å². The molecule has 0 aliphatic heterocycles. The Morgan fingerprint density at radius 2 is 0.690 bits per heavy atom. The molecule has 5 heteroatoms. The molecule has 0 atom stereocenters. The van der Waals surface area contributed by atoms with E-state index in [0.717, 1.165) is 0 Å². The topological polar surface area (TPSA) is 90.2 Å². The molecule has 0 saturated carbocycles. The molecule has 4 rings (SSSR count). The van der Waals surface area contributed by atoms with Gasteiger partial charge in [-0.25, -0.2) is 0 Å². The van der Waals surface area contributed by atoms with Gasteiger partial charge in [0.15, 0.2) is 23.0 Å². The summed E-state index contributed by atoms with van der Waals surface area (Å²) in [5.74, 6) is 1.37. The van der Waals surface area contributed by atoms with E-state index in [9.17, 15) is 10.2 Å². The van der Waals surface area contributed by atoms with Crippen LogP contribution in [0.5, 0.6) is 34.5 Å². The first kappa shape index (κ1) is 21.2. The zero-order chi connectivity index (χ0) is 20.9. The number of hydrogen-bond donors (Lipinski definition) is 4. The van der Waals surface area contributed by atoms with Gasteiger partial charge in [0, 0.05) is 0 Å². The molecule has 4 N–H and O–H groups in total. The molecule has 0 heterocycles. The number of benzene rings is 4. The standard InChI is InChI=1S/C12H10O3.2C6H6O/c13-9-5-1-3-7-11(9)15-12-8-4-2-6-10(12)14;2*7-6-4-2-1-3-5-6/h1-8,13-14H;2*1-5,7H. The predicted molar refractivity (Wildman–Crippen MR) is 113 cm³/mol. The molecule has 29 heavy (non-hydrogen) atoms. The molecule has 0 fully saturated rings. The van der Waals surface area contributed by atoms with Crippen LogP contribution in [-0.2, 0) is 0 Å². The Kier molecular flexibility index (Phi) is 8.45. The highest BCUT2D eigenvalue weighted by atomic mass is 16.5. The van der Waals surface area contributed by atoms with Crippen molar-refractivity contribution >= 4 is 0 Å². The van der Waals surface area contributed by atoms with E-state index in [1.165, 1.54) is 12.1 Å². The molecular formula is C24H22O5. The summed E-state index contributed by atoms with van der Waals surface area (Å²) in [6, 6.07) is 30.6. The van der Waals surface area contributed by atoms with Crippen LogP contribution in [0.4, 0.5) is 0 Å². The van der Waals surface area contributed by atoms with Gasteiger partial charge in [-0.15, -0.1) is 0 Å². The first-order chi connectivity index (χ1) is 14.1. The number of hydrogen-bond acceptors (Lipinski definition) is 5. The first-order valence-corrected chi connectivity index (χ1v) is 8.78. The molecule has 5 nitrogen and oxygen atoms in total. The molecular weight excluding hydrogens is 368 g/mol. The summed E-state index contributed by atoms with van der Waals surface area (Å²) in [5.41, 5.74) is 0. The summed E-state index contributed by atoms with van der Waals surface area (Å²) in [7, 11) is 0. The lowest BCUT2D eigenvalue weighted by atomic mass is 10.3. The molecule has 0 aliphatic carbocycles. The van der Waals surface area contributed by atoms with Crippen LogP contribution >= 0.6 is 0 Å². The minimum absolute atomic E-state index is 0.0424. The van der Waals surface area contributed by atoms with Crippen molar-refractivity contribution in [3.8, 4) is 34.5 Å². The van der Waals surface area contributed by atoms with Gasteiger partial charge >= 0.3 is 0 Å². The van der Waals surface area contributed by atoms with Gasteiger partial charge in [0.25, 0.3) is 0 Å². The van der Waals surface area contributed by atoms with Crippen LogP contribution in [0.25, 0.3) is 0 Å². The largest absolute Gasteiger partial charge is 0.508 e. The summed E-state index contributed by atoms with van der Waals surface area (Å²) in [6.45, 7) is 0. The summed E-state index contributed by atoms with van der Waals surface area (Å²) in [5, 5.41) is 36.2. The summed E-state index contributed by atoms with van der Waals surface area (Å²) in [6.07, 6.45) is 0. The lowest BCUT2D eigenvalue weighted by Crippen LogP contribution is -1.84. The number of para-hydroxylation sites is 6. The van der Waals surface area contributed by atoms with Crippen molar-refractivity contribution in [2.24, 2.45) is 0 Å². The van der Waals surface area contributed by atoms with Crippen LogP contribution < -0.4 is 4.74 Å². The van der Waals surface area contributed by atoms with E-state index in [4.69, 9.17) is 14.9 Å². The quantitative estimate of drug-likeness (QED) is 0.354. The lowest BCUT2D eigenvalue weighted by Gasteiger charge is -2.08. The molecule has 4 aromatic rings. The van der Waals surface area contributed by atoms with E-state index in [1.807, 2.05) is 12.1 Å². The zero-order valence-corrected chi connectivity index (χ0v) is 15.6. The number of rotatable bonds is 2. The van der Waals surface area contributed by atoms with E-state index >= 15 is 0 Å². The van der Waals surface area contributed by atoms with Crippen LogP contribution in [0, 0.1) is 0 Å². The minimum atomic E-state index is 0.0424. The Morgan fingerprint density at radius 1 is 0.379 bits per heavy atom. The van der Waals surface area contributed by atoms with Crippen LogP contribution in [0.15, 0.2) is 109 Å². The number of aromatic hydroxyl groups is 4. The first-order valence-electron chi connectivity index (χ1n) is 8.78. The van der Waals surface area contributed by atoms with E-state index in [0.29, 0.717) is 23.0 Å². The average molecular weight is 390 g/mol. The van der Waals surface area contributed by atoms with Gasteiger partial charge in [-0.1, -0.05) is 60.7 Å². The molecule has 0 unspecified atom stereocenters. The van der Waals surface area contributed by atoms with Crippen LogP contribution in [0.2, 0.25) is 0 Å². The summed E-state index contributed by atoms with van der Waals surface area (Å²) < 4.78 is 5.34. The molecule has 0 amide bonds. The fraction of sp³-hybridized carbons (Fsp3) is 0. The maximum absolute atomic E-state index is 9.46. The van der Waals surface area contributed by atoms with E-state index < -0.39 is 0 Å². The predicted octanol–water partition coefficient (Wildman–Crippen LogP) is 5.67. The maximum atomic E-state index is 9.46. The Morgan fingerprint density at radius 3 is 0.966 bits per heavy atom. The maximum Gasteiger partial charge on any atom is 0.169 e. The molecule has 0 radical (unpaired) electrons. The SMILES string of the molecule is Oc1ccccc1.Oc1ccccc1.Oc1ccccc1Oc1ccccc1O. The van der Waals surface area contributed by atoms with Gasteiger partial charge in [-0.2, -0.15) is 0 Å². The third-order valence-electron chi connectivity index (χ3n) is 3.46. The second-order valence-corrected chi connectivity index (χ2v) is 5.71. The van der Waals surface area contributed by atoms with Gasteiger partial charge in [0.05, 0.1) is 0 Å². The van der Waals surface area contributed by atoms with Crippen molar-refractivity contribution < 1.29 is 25.2 Å². The highest BCUT2D eigenvalue weighted by Crippen LogP contribution is 2.34. The molecule has 0 bridgehead atoms. The Labute approximate surface area is 169 Å². The summed E-state index contributed by atoms with van der Waals surface area (Å²) in [4.78, 5) is 0. The Hall–Kier alpha value is -4.12. The second kappa shape index (κ2) is 11.6. The van der Waals surface area contributed by atoms with Crippen molar-refractivity contribution in [1.82, 2.24) is 0 Å². The van der Waals surface area contributed by atoms with Crippen LogP contribution in [0.3, 0.4) is 0 Å². The lowest BCUT2D eigenvalue weighted by molar-refractivity contribution is 0.385. The number of phenols is 4. The smallest absolute Gasteiger partial charge is 0.169 e. The van der Waals surface area contributed by atoms with E-state index in [2.05, 4.69) is 0 Å². The van der Waals surface area contributed by atoms with Crippen molar-refractivity contribution in [2.75, 3.05) is 0 Å². The van der Waals surface area contributed by atoms with Crippen molar-refractivity contribution in [3.05, 3.63) is 109 Å². The second-order valence-electron chi connectivity index (χ2n) is 5.71. The molecule has 148 valence electrons. The molecule has 0 spiro atoms. The van der Waals surface area contributed by atoms with Crippen molar-refractivity contribution in [2.45, 2.75) is 0 Å².